The molecule has 0 heterocycles. The molecule has 4 heteroatoms. The maximum absolute atomic E-state index is 11.5. The first kappa shape index (κ1) is 14.6. The molecule has 2 aromatic carbocycles. The summed E-state index contributed by atoms with van der Waals surface area (Å²) in [7, 11) is 1.63. The van der Waals surface area contributed by atoms with E-state index in [1.807, 2.05) is 48.5 Å². The molecule has 2 rings (SSSR count). The van der Waals surface area contributed by atoms with Gasteiger partial charge in [0.05, 0.1) is 6.42 Å². The largest absolute Gasteiger partial charge is 0.489 e. The van der Waals surface area contributed by atoms with E-state index >= 15 is 0 Å². The van der Waals surface area contributed by atoms with E-state index in [1.54, 1.807) is 7.05 Å². The van der Waals surface area contributed by atoms with E-state index in [0.29, 0.717) is 13.0 Å². The Bertz CT molecular complexity index is 584. The standard InChI is InChI=1S/C16H16BrNO2/c1-18-16(19)10-13-9-14(17)7-8-15(13)20-11-12-5-3-2-4-6-12/h2-9H,10-11H2,1H3,(H,18,19). The summed E-state index contributed by atoms with van der Waals surface area (Å²) in [4.78, 5) is 11.5. The summed E-state index contributed by atoms with van der Waals surface area (Å²) in [5.74, 6) is 0.702. The minimum atomic E-state index is -0.0346. The van der Waals surface area contributed by atoms with Crippen LogP contribution in [0.15, 0.2) is 53.0 Å². The summed E-state index contributed by atoms with van der Waals surface area (Å²) < 4.78 is 6.76. The van der Waals surface area contributed by atoms with E-state index in [0.717, 1.165) is 21.3 Å². The number of ether oxygens (including phenoxy) is 1. The highest BCUT2D eigenvalue weighted by molar-refractivity contribution is 9.10. The second kappa shape index (κ2) is 7.10. The number of hydrogen-bond donors (Lipinski definition) is 1. The Kier molecular flexibility index (Phi) is 5.18. The van der Waals surface area contributed by atoms with Crippen molar-refractivity contribution in [1.29, 1.82) is 0 Å². The van der Waals surface area contributed by atoms with Crippen LogP contribution in [0.5, 0.6) is 5.75 Å². The average Bonchev–Trinajstić information content (AvgIpc) is 2.47. The Morgan fingerprint density at radius 1 is 1.20 bits per heavy atom. The van der Waals surface area contributed by atoms with E-state index in [9.17, 15) is 4.79 Å². The zero-order chi connectivity index (χ0) is 14.4. The van der Waals surface area contributed by atoms with Gasteiger partial charge in [-0.15, -0.1) is 0 Å². The molecule has 1 N–H and O–H groups in total. The van der Waals surface area contributed by atoms with Crippen molar-refractivity contribution in [2.24, 2.45) is 0 Å². The van der Waals surface area contributed by atoms with Crippen molar-refractivity contribution in [3.05, 3.63) is 64.1 Å². The molecular formula is C16H16BrNO2. The molecule has 0 saturated carbocycles. The summed E-state index contributed by atoms with van der Waals surface area (Å²) >= 11 is 3.42. The van der Waals surface area contributed by atoms with Crippen LogP contribution >= 0.6 is 15.9 Å². The second-order valence-electron chi connectivity index (χ2n) is 4.38. The van der Waals surface area contributed by atoms with Gasteiger partial charge in [-0.3, -0.25) is 4.79 Å². The van der Waals surface area contributed by atoms with Gasteiger partial charge in [-0.2, -0.15) is 0 Å². The van der Waals surface area contributed by atoms with Gasteiger partial charge in [0.15, 0.2) is 0 Å². The molecule has 0 unspecified atom stereocenters. The van der Waals surface area contributed by atoms with Gasteiger partial charge in [0.1, 0.15) is 12.4 Å². The molecule has 0 bridgehead atoms. The zero-order valence-electron chi connectivity index (χ0n) is 11.2. The van der Waals surface area contributed by atoms with Crippen molar-refractivity contribution in [2.75, 3.05) is 7.05 Å². The Balaban J connectivity index is 2.12. The maximum Gasteiger partial charge on any atom is 0.224 e. The van der Waals surface area contributed by atoms with Crippen LogP contribution in [0, 0.1) is 0 Å². The molecule has 20 heavy (non-hydrogen) atoms. The molecule has 0 aliphatic heterocycles. The van der Waals surface area contributed by atoms with Crippen molar-refractivity contribution >= 4 is 21.8 Å². The first-order chi connectivity index (χ1) is 9.69. The lowest BCUT2D eigenvalue weighted by Crippen LogP contribution is -2.20. The van der Waals surface area contributed by atoms with E-state index in [-0.39, 0.29) is 5.91 Å². The van der Waals surface area contributed by atoms with Gasteiger partial charge in [0.25, 0.3) is 0 Å². The number of nitrogens with one attached hydrogen (secondary N) is 1. The highest BCUT2D eigenvalue weighted by Gasteiger charge is 2.09. The molecule has 0 fully saturated rings. The van der Waals surface area contributed by atoms with Gasteiger partial charge in [-0.1, -0.05) is 46.3 Å². The quantitative estimate of drug-likeness (QED) is 0.911. The molecule has 2 aromatic rings. The van der Waals surface area contributed by atoms with Crippen molar-refractivity contribution < 1.29 is 9.53 Å². The molecule has 0 radical (unpaired) electrons. The van der Waals surface area contributed by atoms with Crippen molar-refractivity contribution in [2.45, 2.75) is 13.0 Å². The summed E-state index contributed by atoms with van der Waals surface area (Å²) in [6.45, 7) is 0.489. The highest BCUT2D eigenvalue weighted by Crippen LogP contribution is 2.24. The van der Waals surface area contributed by atoms with E-state index in [1.165, 1.54) is 0 Å². The Morgan fingerprint density at radius 2 is 1.95 bits per heavy atom. The number of halogens is 1. The van der Waals surface area contributed by atoms with Gasteiger partial charge in [0, 0.05) is 17.1 Å². The number of hydrogen-bond acceptors (Lipinski definition) is 2. The Morgan fingerprint density at radius 3 is 2.65 bits per heavy atom. The fourth-order valence-corrected chi connectivity index (χ4v) is 2.23. The minimum absolute atomic E-state index is 0.0346. The minimum Gasteiger partial charge on any atom is -0.489 e. The molecule has 104 valence electrons. The van der Waals surface area contributed by atoms with Crippen LogP contribution in [0.4, 0.5) is 0 Å². The summed E-state index contributed by atoms with van der Waals surface area (Å²) in [5, 5.41) is 2.62. The first-order valence-corrected chi connectivity index (χ1v) is 7.14. The lowest BCUT2D eigenvalue weighted by Gasteiger charge is -2.12. The van der Waals surface area contributed by atoms with Gasteiger partial charge < -0.3 is 10.1 Å². The number of rotatable bonds is 5. The topological polar surface area (TPSA) is 38.3 Å². The first-order valence-electron chi connectivity index (χ1n) is 6.35. The lowest BCUT2D eigenvalue weighted by atomic mass is 10.1. The smallest absolute Gasteiger partial charge is 0.224 e. The van der Waals surface area contributed by atoms with E-state index < -0.39 is 0 Å². The monoisotopic (exact) mass is 333 g/mol. The Hall–Kier alpha value is -1.81. The van der Waals surface area contributed by atoms with Crippen molar-refractivity contribution in [3.8, 4) is 5.75 Å². The second-order valence-corrected chi connectivity index (χ2v) is 5.29. The van der Waals surface area contributed by atoms with Crippen LogP contribution in [0.3, 0.4) is 0 Å². The van der Waals surface area contributed by atoms with Gasteiger partial charge in [0.2, 0.25) is 5.91 Å². The SMILES string of the molecule is CNC(=O)Cc1cc(Br)ccc1OCc1ccccc1. The number of likely N-dealkylation sites (N-methyl/N-ethyl adjacent to an activating group) is 1. The molecule has 0 aliphatic rings. The van der Waals surface area contributed by atoms with Crippen LogP contribution in [0.2, 0.25) is 0 Å². The normalized spacial score (nSPS) is 10.1. The van der Waals surface area contributed by atoms with Gasteiger partial charge in [-0.05, 0) is 23.8 Å². The third kappa shape index (κ3) is 4.10. The van der Waals surface area contributed by atoms with Gasteiger partial charge in [-0.25, -0.2) is 0 Å². The summed E-state index contributed by atoms with van der Waals surface area (Å²) in [5.41, 5.74) is 1.97. The molecular weight excluding hydrogens is 318 g/mol. The van der Waals surface area contributed by atoms with Crippen LogP contribution in [-0.2, 0) is 17.8 Å². The van der Waals surface area contributed by atoms with Crippen LogP contribution < -0.4 is 10.1 Å². The number of carbonyl (C=O) groups excluding carboxylic acids is 1. The molecule has 0 aliphatic carbocycles. The summed E-state index contributed by atoms with van der Waals surface area (Å²) in [6, 6.07) is 15.7. The van der Waals surface area contributed by atoms with Gasteiger partial charge >= 0.3 is 0 Å². The predicted molar refractivity (Wildman–Crippen MR) is 82.7 cm³/mol. The molecule has 1 amide bonds. The number of benzene rings is 2. The van der Waals surface area contributed by atoms with Crippen molar-refractivity contribution in [3.63, 3.8) is 0 Å². The number of amides is 1. The predicted octanol–water partition coefficient (Wildman–Crippen LogP) is 3.32. The molecule has 0 aromatic heterocycles. The average molecular weight is 334 g/mol. The van der Waals surface area contributed by atoms with Crippen LogP contribution in [-0.4, -0.2) is 13.0 Å². The van der Waals surface area contributed by atoms with Crippen LogP contribution in [0.1, 0.15) is 11.1 Å². The van der Waals surface area contributed by atoms with Crippen molar-refractivity contribution in [1.82, 2.24) is 5.32 Å². The summed E-state index contributed by atoms with van der Waals surface area (Å²) in [6.07, 6.45) is 0.306. The fourth-order valence-electron chi connectivity index (χ4n) is 1.82. The lowest BCUT2D eigenvalue weighted by molar-refractivity contribution is -0.119. The third-order valence-electron chi connectivity index (χ3n) is 2.89. The molecule has 3 nitrogen and oxygen atoms in total. The van der Waals surface area contributed by atoms with E-state index in [4.69, 9.17) is 4.74 Å². The molecule has 0 saturated heterocycles. The Labute approximate surface area is 127 Å². The maximum atomic E-state index is 11.5. The van der Waals surface area contributed by atoms with E-state index in [2.05, 4.69) is 21.2 Å². The highest BCUT2D eigenvalue weighted by atomic mass is 79.9. The zero-order valence-corrected chi connectivity index (χ0v) is 12.8. The fraction of sp³-hybridized carbons (Fsp3) is 0.188. The molecule has 0 spiro atoms. The molecule has 0 atom stereocenters. The van der Waals surface area contributed by atoms with Crippen LogP contribution in [0.25, 0.3) is 0 Å². The number of carbonyl (C=O) groups is 1. The third-order valence-corrected chi connectivity index (χ3v) is 3.38.